The predicted octanol–water partition coefficient (Wildman–Crippen LogP) is 1.96. The molecule has 0 amide bonds. The molecule has 0 saturated heterocycles. The molecule has 14 heavy (non-hydrogen) atoms. The molecule has 2 aromatic rings. The maximum atomic E-state index is 13.2. The second-order valence-electron chi connectivity index (χ2n) is 2.61. The summed E-state index contributed by atoms with van der Waals surface area (Å²) in [6.45, 7) is 0. The minimum Gasteiger partial charge on any atom is -0.313 e. The lowest BCUT2D eigenvalue weighted by atomic mass is 10.2. The lowest BCUT2D eigenvalue weighted by molar-refractivity contribution is 0.510. The summed E-state index contributed by atoms with van der Waals surface area (Å²) in [6.07, 6.45) is 1.03. The number of aromatic nitrogens is 2. The monoisotopic (exact) mass is 260 g/mol. The molecule has 6 heteroatoms. The first-order chi connectivity index (χ1) is 6.61. The van der Waals surface area contributed by atoms with Gasteiger partial charge in [0.1, 0.15) is 5.52 Å². The first-order valence-corrected chi connectivity index (χ1v) is 4.41. The van der Waals surface area contributed by atoms with E-state index in [0.717, 1.165) is 6.33 Å². The van der Waals surface area contributed by atoms with Gasteiger partial charge in [0.05, 0.1) is 16.2 Å². The third kappa shape index (κ3) is 1.22. The van der Waals surface area contributed by atoms with Crippen LogP contribution in [0.25, 0.3) is 10.9 Å². The number of hydrogen-bond donors (Lipinski definition) is 1. The molecule has 0 unspecified atom stereocenters. The van der Waals surface area contributed by atoms with Gasteiger partial charge in [-0.2, -0.15) is 0 Å². The highest BCUT2D eigenvalue weighted by Crippen LogP contribution is 2.23. The van der Waals surface area contributed by atoms with Crippen molar-refractivity contribution in [1.82, 2.24) is 9.97 Å². The van der Waals surface area contributed by atoms with E-state index >= 15 is 0 Å². The molecule has 1 N–H and O–H groups in total. The number of hydrogen-bond acceptors (Lipinski definition) is 2. The Kier molecular flexibility index (Phi) is 2.07. The number of fused-ring (bicyclic) bond motifs is 1. The van der Waals surface area contributed by atoms with Gasteiger partial charge >= 0.3 is 0 Å². The Morgan fingerprint density at radius 1 is 1.36 bits per heavy atom. The lowest BCUT2D eigenvalue weighted by Gasteiger charge is -2.00. The van der Waals surface area contributed by atoms with Crippen LogP contribution >= 0.6 is 15.9 Å². The number of halogens is 3. The SMILES string of the molecule is O=c1[nH]cnc2c(F)c(F)c(Br)cc12. The first kappa shape index (κ1) is 9.26. The highest BCUT2D eigenvalue weighted by atomic mass is 79.9. The van der Waals surface area contributed by atoms with Gasteiger partial charge in [0.15, 0.2) is 11.6 Å². The third-order valence-corrected chi connectivity index (χ3v) is 2.35. The van der Waals surface area contributed by atoms with Crippen LogP contribution in [-0.2, 0) is 0 Å². The third-order valence-electron chi connectivity index (χ3n) is 1.77. The summed E-state index contributed by atoms with van der Waals surface area (Å²) in [6, 6.07) is 1.19. The molecular weight excluding hydrogens is 258 g/mol. The number of aromatic amines is 1. The lowest BCUT2D eigenvalue weighted by Crippen LogP contribution is -2.08. The fourth-order valence-corrected chi connectivity index (χ4v) is 1.52. The molecule has 0 saturated carbocycles. The molecule has 0 fully saturated rings. The van der Waals surface area contributed by atoms with Crippen LogP contribution in [0.4, 0.5) is 8.78 Å². The normalized spacial score (nSPS) is 10.8. The zero-order valence-electron chi connectivity index (χ0n) is 6.64. The molecule has 0 aliphatic carbocycles. The average molecular weight is 261 g/mol. The van der Waals surface area contributed by atoms with E-state index in [4.69, 9.17) is 0 Å². The van der Waals surface area contributed by atoms with Crippen molar-refractivity contribution < 1.29 is 8.78 Å². The fraction of sp³-hybridized carbons (Fsp3) is 0. The Morgan fingerprint density at radius 2 is 2.07 bits per heavy atom. The smallest absolute Gasteiger partial charge is 0.258 e. The van der Waals surface area contributed by atoms with Crippen LogP contribution in [0.2, 0.25) is 0 Å². The molecule has 72 valence electrons. The van der Waals surface area contributed by atoms with Crippen LogP contribution in [0.5, 0.6) is 0 Å². The molecule has 0 aliphatic heterocycles. The molecule has 0 aliphatic rings. The van der Waals surface area contributed by atoms with E-state index in [-0.39, 0.29) is 15.4 Å². The molecule has 1 aromatic carbocycles. The zero-order chi connectivity index (χ0) is 10.3. The van der Waals surface area contributed by atoms with Gasteiger partial charge in [-0.3, -0.25) is 4.79 Å². The number of H-pyrrole nitrogens is 1. The minimum atomic E-state index is -1.12. The van der Waals surface area contributed by atoms with E-state index in [1.807, 2.05) is 0 Å². The van der Waals surface area contributed by atoms with Crippen molar-refractivity contribution in [3.05, 3.63) is 38.9 Å². The second kappa shape index (κ2) is 3.13. The van der Waals surface area contributed by atoms with Gasteiger partial charge in [-0.1, -0.05) is 0 Å². The summed E-state index contributed by atoms with van der Waals surface area (Å²) in [5.41, 5.74) is -0.774. The van der Waals surface area contributed by atoms with E-state index in [1.54, 1.807) is 0 Å². The topological polar surface area (TPSA) is 45.8 Å². The van der Waals surface area contributed by atoms with Crippen molar-refractivity contribution in [3.8, 4) is 0 Å². The standard InChI is InChI=1S/C8H3BrF2N2O/c9-4-1-3-7(6(11)5(4)10)12-2-13-8(3)14/h1-2H,(H,12,13,14). The van der Waals surface area contributed by atoms with Crippen LogP contribution in [0.1, 0.15) is 0 Å². The van der Waals surface area contributed by atoms with Crippen molar-refractivity contribution >= 4 is 26.8 Å². The van der Waals surface area contributed by atoms with Crippen LogP contribution in [-0.4, -0.2) is 9.97 Å². The van der Waals surface area contributed by atoms with E-state index < -0.39 is 17.2 Å². The van der Waals surface area contributed by atoms with Crippen LogP contribution in [0.15, 0.2) is 21.7 Å². The number of benzene rings is 1. The molecule has 2 rings (SSSR count). The fourth-order valence-electron chi connectivity index (χ4n) is 1.12. The average Bonchev–Trinajstić information content (AvgIpc) is 2.17. The largest absolute Gasteiger partial charge is 0.313 e. The molecule has 0 radical (unpaired) electrons. The van der Waals surface area contributed by atoms with Gasteiger partial charge in [0, 0.05) is 0 Å². The summed E-state index contributed by atoms with van der Waals surface area (Å²) in [5.74, 6) is -2.17. The van der Waals surface area contributed by atoms with E-state index in [9.17, 15) is 13.6 Å². The van der Waals surface area contributed by atoms with Crippen LogP contribution < -0.4 is 5.56 Å². The van der Waals surface area contributed by atoms with Crippen LogP contribution in [0.3, 0.4) is 0 Å². The van der Waals surface area contributed by atoms with Crippen molar-refractivity contribution in [2.24, 2.45) is 0 Å². The number of nitrogens with one attached hydrogen (secondary N) is 1. The summed E-state index contributed by atoms with van der Waals surface area (Å²) in [4.78, 5) is 17.0. The molecule has 3 nitrogen and oxygen atoms in total. The van der Waals surface area contributed by atoms with Gasteiger partial charge in [-0.15, -0.1) is 0 Å². The van der Waals surface area contributed by atoms with Gasteiger partial charge in [-0.25, -0.2) is 13.8 Å². The van der Waals surface area contributed by atoms with Gasteiger partial charge in [-0.05, 0) is 22.0 Å². The Hall–Kier alpha value is -1.30. The number of nitrogens with zero attached hydrogens (tertiary/aromatic N) is 1. The molecule has 0 atom stereocenters. The Bertz CT molecular complexity index is 567. The number of rotatable bonds is 0. The van der Waals surface area contributed by atoms with E-state index in [1.165, 1.54) is 6.07 Å². The molecule has 1 aromatic heterocycles. The quantitative estimate of drug-likeness (QED) is 0.737. The second-order valence-corrected chi connectivity index (χ2v) is 3.47. The van der Waals surface area contributed by atoms with Crippen LogP contribution in [0, 0.1) is 11.6 Å². The molecule has 0 bridgehead atoms. The van der Waals surface area contributed by atoms with E-state index in [2.05, 4.69) is 25.9 Å². The molecule has 0 spiro atoms. The molecular formula is C8H3BrF2N2O. The first-order valence-electron chi connectivity index (χ1n) is 3.62. The Morgan fingerprint density at radius 3 is 2.79 bits per heavy atom. The van der Waals surface area contributed by atoms with Gasteiger partial charge in [0.2, 0.25) is 0 Å². The van der Waals surface area contributed by atoms with Gasteiger partial charge < -0.3 is 4.98 Å². The summed E-state index contributed by atoms with van der Waals surface area (Å²) in [7, 11) is 0. The highest BCUT2D eigenvalue weighted by Gasteiger charge is 2.14. The summed E-state index contributed by atoms with van der Waals surface area (Å²) >= 11 is 2.81. The van der Waals surface area contributed by atoms with Gasteiger partial charge in [0.25, 0.3) is 5.56 Å². The van der Waals surface area contributed by atoms with E-state index in [0.29, 0.717) is 0 Å². The maximum Gasteiger partial charge on any atom is 0.258 e. The van der Waals surface area contributed by atoms with Crippen molar-refractivity contribution in [2.75, 3.05) is 0 Å². The Labute approximate surface area is 84.9 Å². The van der Waals surface area contributed by atoms with Crippen molar-refractivity contribution in [2.45, 2.75) is 0 Å². The summed E-state index contributed by atoms with van der Waals surface area (Å²) < 4.78 is 26.1. The van der Waals surface area contributed by atoms with Crippen molar-refractivity contribution in [1.29, 1.82) is 0 Å². The highest BCUT2D eigenvalue weighted by molar-refractivity contribution is 9.10. The minimum absolute atomic E-state index is 0.0123. The Balaban J connectivity index is 3.06. The molecule has 1 heterocycles. The maximum absolute atomic E-state index is 13.2. The zero-order valence-corrected chi connectivity index (χ0v) is 8.23. The summed E-state index contributed by atoms with van der Waals surface area (Å²) in [5, 5.41) is 0.0123. The van der Waals surface area contributed by atoms with Crippen molar-refractivity contribution in [3.63, 3.8) is 0 Å². The predicted molar refractivity (Wildman–Crippen MR) is 50.0 cm³/mol.